The van der Waals surface area contributed by atoms with Crippen molar-refractivity contribution in [2.24, 2.45) is 0 Å². The van der Waals surface area contributed by atoms with Crippen LogP contribution >= 0.6 is 0 Å². The predicted octanol–water partition coefficient (Wildman–Crippen LogP) is 1.13. The third-order valence-corrected chi connectivity index (χ3v) is 6.80. The van der Waals surface area contributed by atoms with Crippen LogP contribution in [0.3, 0.4) is 0 Å². The Morgan fingerprint density at radius 1 is 0.860 bits per heavy atom. The molecule has 1 fully saturated rings. The fourth-order valence-corrected chi connectivity index (χ4v) is 4.50. The fourth-order valence-electron chi connectivity index (χ4n) is 4.50. The molecule has 13 heteroatoms. The minimum absolute atomic E-state index is 0.0562. The van der Waals surface area contributed by atoms with Crippen LogP contribution in [-0.4, -0.2) is 85.5 Å². The zero-order chi connectivity index (χ0) is 30.8. The summed E-state index contributed by atoms with van der Waals surface area (Å²) in [7, 11) is 0. The summed E-state index contributed by atoms with van der Waals surface area (Å²) in [6.45, 7) is -0.535. The van der Waals surface area contributed by atoms with Gasteiger partial charge in [-0.1, -0.05) is 24.3 Å². The number of Topliss-reactive ketones (excluding diaryl/α,β-unsaturated/α-hetero) is 2. The van der Waals surface area contributed by atoms with Crippen LogP contribution in [0.25, 0.3) is 6.08 Å². The number of rotatable bonds is 7. The van der Waals surface area contributed by atoms with Crippen LogP contribution in [0.1, 0.15) is 27.6 Å². The standard InChI is InChI=1S/C30H26O13/c31-16-6-1-14(2-7-16)3-10-22(34)40-13-21-24(35)26(37)28(39)30(43-21)41-18-11-19(33)23-20(12-18)42-29(27(38)25(23)36)15-4-8-17(32)9-5-15/h1-12,21,24,26,28-33,35,37,39H,13H2/t21-,24-,26+,28-,29?,30-/m1/s1. The van der Waals surface area contributed by atoms with Gasteiger partial charge in [0.25, 0.3) is 0 Å². The number of ketones is 2. The molecule has 13 nitrogen and oxygen atoms in total. The molecule has 0 bridgehead atoms. The molecule has 0 saturated carbocycles. The molecular weight excluding hydrogens is 568 g/mol. The summed E-state index contributed by atoms with van der Waals surface area (Å²) in [6.07, 6.45) is -7.05. The van der Waals surface area contributed by atoms with Gasteiger partial charge in [0, 0.05) is 23.8 Å². The SMILES string of the molecule is O=C(C=Cc1ccc(O)cc1)OC[C@H]1O[C@@H](Oc2cc(O)c3c(c2)OC(c2ccc(O)cc2)C(=O)C3=O)[C@H](O)[C@@H](O)[C@@H]1O. The molecule has 2 aliphatic heterocycles. The number of aromatic hydroxyl groups is 3. The number of hydrogen-bond acceptors (Lipinski definition) is 13. The first kappa shape index (κ1) is 29.5. The number of carbonyl (C=O) groups excluding carboxylic acids is 3. The third-order valence-electron chi connectivity index (χ3n) is 6.80. The molecule has 3 aromatic rings. The van der Waals surface area contributed by atoms with E-state index in [-0.39, 0.29) is 28.6 Å². The first-order valence-corrected chi connectivity index (χ1v) is 12.9. The molecule has 224 valence electrons. The van der Waals surface area contributed by atoms with Crippen LogP contribution in [0.4, 0.5) is 0 Å². The van der Waals surface area contributed by atoms with Crippen LogP contribution < -0.4 is 9.47 Å². The maximum Gasteiger partial charge on any atom is 0.330 e. The van der Waals surface area contributed by atoms with E-state index >= 15 is 0 Å². The van der Waals surface area contributed by atoms with E-state index in [0.717, 1.165) is 12.1 Å². The van der Waals surface area contributed by atoms with Gasteiger partial charge in [-0.2, -0.15) is 0 Å². The minimum Gasteiger partial charge on any atom is -0.508 e. The Hall–Kier alpha value is -4.95. The van der Waals surface area contributed by atoms with Crippen molar-refractivity contribution in [3.63, 3.8) is 0 Å². The largest absolute Gasteiger partial charge is 0.508 e. The zero-order valence-corrected chi connectivity index (χ0v) is 22.1. The lowest BCUT2D eigenvalue weighted by Gasteiger charge is -2.40. The lowest BCUT2D eigenvalue weighted by molar-refractivity contribution is -0.278. The molecule has 2 heterocycles. The van der Waals surface area contributed by atoms with Gasteiger partial charge in [-0.25, -0.2) is 4.79 Å². The summed E-state index contributed by atoms with van der Waals surface area (Å²) in [5, 5.41) is 60.6. The van der Waals surface area contributed by atoms with Gasteiger partial charge in [0.2, 0.25) is 17.9 Å². The first-order chi connectivity index (χ1) is 20.5. The van der Waals surface area contributed by atoms with E-state index in [9.17, 15) is 45.0 Å². The summed E-state index contributed by atoms with van der Waals surface area (Å²) in [5.41, 5.74) is 0.470. The number of ether oxygens (including phenoxy) is 4. The molecule has 2 aliphatic rings. The highest BCUT2D eigenvalue weighted by atomic mass is 16.7. The summed E-state index contributed by atoms with van der Waals surface area (Å²) in [5.74, 6) is -3.84. The summed E-state index contributed by atoms with van der Waals surface area (Å²) in [4.78, 5) is 37.6. The average molecular weight is 595 g/mol. The third kappa shape index (κ3) is 6.29. The minimum atomic E-state index is -1.79. The Balaban J connectivity index is 1.29. The zero-order valence-electron chi connectivity index (χ0n) is 22.1. The molecule has 3 aromatic carbocycles. The number of fused-ring (bicyclic) bond motifs is 1. The maximum absolute atomic E-state index is 12.8. The van der Waals surface area contributed by atoms with E-state index in [1.54, 1.807) is 12.1 Å². The van der Waals surface area contributed by atoms with Gasteiger partial charge < -0.3 is 49.6 Å². The molecule has 0 spiro atoms. The number of aliphatic hydroxyl groups excluding tert-OH is 3. The molecule has 5 rings (SSSR count). The molecule has 1 saturated heterocycles. The van der Waals surface area contributed by atoms with Gasteiger partial charge in [0.15, 0.2) is 6.10 Å². The van der Waals surface area contributed by atoms with Crippen molar-refractivity contribution in [2.75, 3.05) is 6.61 Å². The van der Waals surface area contributed by atoms with Crippen molar-refractivity contribution in [3.8, 4) is 28.7 Å². The highest BCUT2D eigenvalue weighted by Gasteiger charge is 2.46. The number of benzene rings is 3. The van der Waals surface area contributed by atoms with Crippen LogP contribution in [0.15, 0.2) is 66.7 Å². The molecule has 0 aliphatic carbocycles. The predicted molar refractivity (Wildman–Crippen MR) is 144 cm³/mol. The molecular formula is C30H26O13. The van der Waals surface area contributed by atoms with Crippen LogP contribution in [0, 0.1) is 0 Å². The Kier molecular flexibility index (Phi) is 8.32. The Morgan fingerprint density at radius 2 is 1.51 bits per heavy atom. The maximum atomic E-state index is 12.8. The molecule has 1 unspecified atom stereocenters. The summed E-state index contributed by atoms with van der Waals surface area (Å²) in [6, 6.07) is 13.6. The lowest BCUT2D eigenvalue weighted by Crippen LogP contribution is -2.60. The highest BCUT2D eigenvalue weighted by Crippen LogP contribution is 2.41. The molecule has 0 amide bonds. The van der Waals surface area contributed by atoms with E-state index in [1.165, 1.54) is 48.5 Å². The highest BCUT2D eigenvalue weighted by molar-refractivity contribution is 6.47. The molecule has 0 aromatic heterocycles. The number of carbonyl (C=O) groups is 3. The Labute approximate surface area is 243 Å². The molecule has 0 radical (unpaired) electrons. The van der Waals surface area contributed by atoms with E-state index in [4.69, 9.17) is 18.9 Å². The van der Waals surface area contributed by atoms with Gasteiger partial charge in [-0.3, -0.25) is 9.59 Å². The van der Waals surface area contributed by atoms with Crippen LogP contribution in [0.2, 0.25) is 0 Å². The normalized spacial score (nSPS) is 25.2. The smallest absolute Gasteiger partial charge is 0.330 e. The van der Waals surface area contributed by atoms with Gasteiger partial charge in [0.1, 0.15) is 65.3 Å². The molecule has 43 heavy (non-hydrogen) atoms. The van der Waals surface area contributed by atoms with Gasteiger partial charge in [-0.05, 0) is 35.9 Å². The Morgan fingerprint density at radius 3 is 2.19 bits per heavy atom. The van der Waals surface area contributed by atoms with E-state index in [1.807, 2.05) is 0 Å². The molecule has 6 N–H and O–H groups in total. The second kappa shape index (κ2) is 12.1. The number of phenols is 3. The quantitative estimate of drug-likeness (QED) is 0.129. The number of hydrogen-bond donors (Lipinski definition) is 6. The van der Waals surface area contributed by atoms with Crippen molar-refractivity contribution in [2.45, 2.75) is 36.8 Å². The van der Waals surface area contributed by atoms with Crippen LogP contribution in [0.5, 0.6) is 28.7 Å². The van der Waals surface area contributed by atoms with E-state index in [2.05, 4.69) is 0 Å². The van der Waals surface area contributed by atoms with Crippen LogP contribution in [-0.2, 0) is 19.1 Å². The second-order valence-electron chi connectivity index (χ2n) is 9.79. The van der Waals surface area contributed by atoms with E-state index < -0.39 is 72.3 Å². The van der Waals surface area contributed by atoms with Gasteiger partial charge in [-0.15, -0.1) is 0 Å². The monoisotopic (exact) mass is 594 g/mol. The average Bonchev–Trinajstić information content (AvgIpc) is 2.98. The fraction of sp³-hybridized carbons (Fsp3) is 0.233. The number of aliphatic hydroxyl groups is 3. The van der Waals surface area contributed by atoms with Crippen molar-refractivity contribution in [1.29, 1.82) is 0 Å². The van der Waals surface area contributed by atoms with Crippen molar-refractivity contribution >= 4 is 23.6 Å². The van der Waals surface area contributed by atoms with Crippen molar-refractivity contribution in [3.05, 3.63) is 83.4 Å². The van der Waals surface area contributed by atoms with Gasteiger partial charge >= 0.3 is 5.97 Å². The van der Waals surface area contributed by atoms with Gasteiger partial charge in [0.05, 0.1) is 0 Å². The van der Waals surface area contributed by atoms with E-state index in [0.29, 0.717) is 5.56 Å². The van der Waals surface area contributed by atoms with Crippen molar-refractivity contribution < 1.29 is 64.0 Å². The summed E-state index contributed by atoms with van der Waals surface area (Å²) < 4.78 is 22.0. The number of esters is 1. The molecule has 6 atom stereocenters. The lowest BCUT2D eigenvalue weighted by atomic mass is 9.94. The van der Waals surface area contributed by atoms with Crippen molar-refractivity contribution in [1.82, 2.24) is 0 Å². The second-order valence-corrected chi connectivity index (χ2v) is 9.79. The Bertz CT molecular complexity index is 1550. The topological polar surface area (TPSA) is 210 Å². The first-order valence-electron chi connectivity index (χ1n) is 12.9. The summed E-state index contributed by atoms with van der Waals surface area (Å²) >= 11 is 0. The number of phenolic OH excluding ortho intramolecular Hbond substituents is 3.